The minimum atomic E-state index is -7.74. The predicted octanol–water partition coefficient (Wildman–Crippen LogP) is 5.29. The van der Waals surface area contributed by atoms with Crippen molar-refractivity contribution in [1.29, 1.82) is 0 Å². The van der Waals surface area contributed by atoms with E-state index in [1.165, 1.54) is 0 Å². The van der Waals surface area contributed by atoms with Gasteiger partial charge in [-0.1, -0.05) is 0 Å². The van der Waals surface area contributed by atoms with Gasteiger partial charge in [-0.25, -0.2) is 0 Å². The summed E-state index contributed by atoms with van der Waals surface area (Å²) in [7, 11) is 0. The Hall–Kier alpha value is -0.980. The standard InChI is InChI=1S/C8H4F14/c9-2-1-3(6(14,15)16,7(17,18)19)4(10,11)5(12,13)8(20,21)22/h1-2H2. The van der Waals surface area contributed by atoms with E-state index in [1.807, 2.05) is 0 Å². The molecule has 0 saturated carbocycles. The Labute approximate surface area is 112 Å². The molecule has 0 rings (SSSR count). The summed E-state index contributed by atoms with van der Waals surface area (Å²) in [5.41, 5.74) is -6.92. The summed E-state index contributed by atoms with van der Waals surface area (Å²) in [6, 6.07) is 0. The van der Waals surface area contributed by atoms with Gasteiger partial charge in [0.05, 0.1) is 6.67 Å². The average Bonchev–Trinajstić information content (AvgIpc) is 2.19. The van der Waals surface area contributed by atoms with Crippen LogP contribution in [0.25, 0.3) is 0 Å². The van der Waals surface area contributed by atoms with Crippen molar-refractivity contribution in [1.82, 2.24) is 0 Å². The lowest BCUT2D eigenvalue weighted by Crippen LogP contribution is -2.70. The molecular formula is C8H4F14. The summed E-state index contributed by atoms with van der Waals surface area (Å²) >= 11 is 0. The summed E-state index contributed by atoms with van der Waals surface area (Å²) in [5.74, 6) is -15.4. The molecule has 0 saturated heterocycles. The highest BCUT2D eigenvalue weighted by Gasteiger charge is 2.91. The van der Waals surface area contributed by atoms with E-state index < -0.39 is 48.9 Å². The van der Waals surface area contributed by atoms with Crippen LogP contribution in [-0.2, 0) is 0 Å². The molecule has 0 aromatic heterocycles. The number of alkyl halides is 14. The maximum Gasteiger partial charge on any atom is 0.459 e. The van der Waals surface area contributed by atoms with Crippen LogP contribution >= 0.6 is 0 Å². The first-order valence-corrected chi connectivity index (χ1v) is 4.83. The molecule has 0 radical (unpaired) electrons. The lowest BCUT2D eigenvalue weighted by molar-refractivity contribution is -0.461. The van der Waals surface area contributed by atoms with Crippen molar-refractivity contribution in [2.45, 2.75) is 36.8 Å². The van der Waals surface area contributed by atoms with Crippen molar-refractivity contribution >= 4 is 0 Å². The smallest absolute Gasteiger partial charge is 0.251 e. The van der Waals surface area contributed by atoms with Gasteiger partial charge in [0.1, 0.15) is 0 Å². The van der Waals surface area contributed by atoms with E-state index in [4.69, 9.17) is 0 Å². The molecule has 0 aliphatic heterocycles. The van der Waals surface area contributed by atoms with Crippen LogP contribution in [0.1, 0.15) is 6.42 Å². The largest absolute Gasteiger partial charge is 0.459 e. The van der Waals surface area contributed by atoms with Gasteiger partial charge in [-0.05, 0) is 0 Å². The number of hydrogen-bond donors (Lipinski definition) is 0. The predicted molar refractivity (Wildman–Crippen MR) is 41.1 cm³/mol. The molecule has 0 bridgehead atoms. The maximum absolute atomic E-state index is 13.1. The second-order valence-corrected chi connectivity index (χ2v) is 3.99. The molecule has 0 aliphatic carbocycles. The zero-order valence-corrected chi connectivity index (χ0v) is 9.71. The number of hydrogen-bond acceptors (Lipinski definition) is 0. The molecule has 0 spiro atoms. The minimum absolute atomic E-state index is 2.87. The molecule has 0 N–H and O–H groups in total. The van der Waals surface area contributed by atoms with E-state index in [-0.39, 0.29) is 0 Å². The third-order valence-electron chi connectivity index (χ3n) is 2.72. The summed E-state index contributed by atoms with van der Waals surface area (Å²) in [6.45, 7) is -2.87. The van der Waals surface area contributed by atoms with Crippen LogP contribution in [0.3, 0.4) is 0 Å². The third-order valence-corrected chi connectivity index (χ3v) is 2.72. The van der Waals surface area contributed by atoms with Gasteiger partial charge in [-0.2, -0.15) is 57.1 Å². The zero-order chi connectivity index (χ0) is 18.4. The van der Waals surface area contributed by atoms with E-state index in [9.17, 15) is 61.5 Å². The van der Waals surface area contributed by atoms with Crippen molar-refractivity contribution in [3.8, 4) is 0 Å². The Morgan fingerprint density at radius 1 is 0.455 bits per heavy atom. The highest BCUT2D eigenvalue weighted by Crippen LogP contribution is 2.66. The molecular weight excluding hydrogens is 362 g/mol. The Morgan fingerprint density at radius 2 is 0.773 bits per heavy atom. The van der Waals surface area contributed by atoms with Gasteiger partial charge in [0.2, 0.25) is 5.41 Å². The summed E-state index contributed by atoms with van der Waals surface area (Å²) in [5, 5.41) is 0. The second-order valence-electron chi connectivity index (χ2n) is 3.99. The lowest BCUT2D eigenvalue weighted by atomic mass is 9.73. The fourth-order valence-electron chi connectivity index (χ4n) is 1.54. The first kappa shape index (κ1) is 21.0. The molecule has 0 aromatic rings. The van der Waals surface area contributed by atoms with E-state index in [0.717, 1.165) is 0 Å². The van der Waals surface area contributed by atoms with Gasteiger partial charge >= 0.3 is 30.4 Å². The van der Waals surface area contributed by atoms with Crippen LogP contribution < -0.4 is 0 Å². The fourth-order valence-corrected chi connectivity index (χ4v) is 1.54. The first-order valence-electron chi connectivity index (χ1n) is 4.83. The molecule has 0 heterocycles. The monoisotopic (exact) mass is 366 g/mol. The Balaban J connectivity index is 6.69. The van der Waals surface area contributed by atoms with Crippen LogP contribution in [0.15, 0.2) is 0 Å². The molecule has 0 amide bonds. The van der Waals surface area contributed by atoms with Crippen molar-refractivity contribution in [2.24, 2.45) is 5.41 Å². The maximum atomic E-state index is 13.1. The molecule has 0 aromatic carbocycles. The SMILES string of the molecule is FCCC(C(F)(F)F)(C(F)(F)F)C(F)(F)C(F)(F)C(F)(F)F. The fraction of sp³-hybridized carbons (Fsp3) is 1.00. The van der Waals surface area contributed by atoms with Gasteiger partial charge in [0.15, 0.2) is 0 Å². The van der Waals surface area contributed by atoms with Gasteiger partial charge in [-0.3, -0.25) is 4.39 Å². The van der Waals surface area contributed by atoms with E-state index in [2.05, 4.69) is 0 Å². The number of halogens is 14. The minimum Gasteiger partial charge on any atom is -0.251 e. The molecule has 22 heavy (non-hydrogen) atoms. The normalized spacial score (nSPS) is 16.1. The molecule has 0 unspecified atom stereocenters. The highest BCUT2D eigenvalue weighted by molar-refractivity contribution is 5.10. The third kappa shape index (κ3) is 2.68. The van der Waals surface area contributed by atoms with Gasteiger partial charge in [0.25, 0.3) is 0 Å². The highest BCUT2D eigenvalue weighted by atomic mass is 19.4. The Bertz CT molecular complexity index is 367. The molecule has 0 fully saturated rings. The van der Waals surface area contributed by atoms with Crippen molar-refractivity contribution in [3.63, 3.8) is 0 Å². The van der Waals surface area contributed by atoms with Crippen LogP contribution in [0, 0.1) is 5.41 Å². The van der Waals surface area contributed by atoms with Gasteiger partial charge in [-0.15, -0.1) is 0 Å². The van der Waals surface area contributed by atoms with Crippen LogP contribution in [0.4, 0.5) is 61.5 Å². The average molecular weight is 366 g/mol. The van der Waals surface area contributed by atoms with Crippen LogP contribution in [-0.4, -0.2) is 37.0 Å². The topological polar surface area (TPSA) is 0 Å². The Morgan fingerprint density at radius 3 is 0.955 bits per heavy atom. The Kier molecular flexibility index (Phi) is 5.05. The van der Waals surface area contributed by atoms with E-state index in [0.29, 0.717) is 0 Å². The zero-order valence-electron chi connectivity index (χ0n) is 9.71. The van der Waals surface area contributed by atoms with Crippen LogP contribution in [0.5, 0.6) is 0 Å². The van der Waals surface area contributed by atoms with E-state index >= 15 is 0 Å². The number of rotatable bonds is 4. The molecule has 0 atom stereocenters. The lowest BCUT2D eigenvalue weighted by Gasteiger charge is -2.44. The second kappa shape index (κ2) is 5.28. The quantitative estimate of drug-likeness (QED) is 0.593. The van der Waals surface area contributed by atoms with Crippen molar-refractivity contribution in [2.75, 3.05) is 6.67 Å². The molecule has 134 valence electrons. The van der Waals surface area contributed by atoms with Crippen molar-refractivity contribution in [3.05, 3.63) is 0 Å². The molecule has 14 heteroatoms. The summed E-state index contributed by atoms with van der Waals surface area (Å²) < 4.78 is 173. The van der Waals surface area contributed by atoms with E-state index in [1.54, 1.807) is 0 Å². The molecule has 0 aliphatic rings. The summed E-state index contributed by atoms with van der Waals surface area (Å²) in [6.07, 6.45) is -25.5. The summed E-state index contributed by atoms with van der Waals surface area (Å²) in [4.78, 5) is 0. The van der Waals surface area contributed by atoms with Crippen LogP contribution in [0.2, 0.25) is 0 Å². The van der Waals surface area contributed by atoms with Gasteiger partial charge < -0.3 is 0 Å². The first-order chi connectivity index (χ1) is 9.31. The van der Waals surface area contributed by atoms with Gasteiger partial charge in [0, 0.05) is 6.42 Å². The van der Waals surface area contributed by atoms with Crippen molar-refractivity contribution < 1.29 is 61.5 Å². The molecule has 0 nitrogen and oxygen atoms in total.